The van der Waals surface area contributed by atoms with Crippen molar-refractivity contribution < 1.29 is 14.2 Å². The quantitative estimate of drug-likeness (QED) is 0.204. The van der Waals surface area contributed by atoms with Gasteiger partial charge in [-0.3, -0.25) is 4.99 Å². The van der Waals surface area contributed by atoms with E-state index in [0.717, 1.165) is 63.0 Å². The number of aliphatic imine (C=N–C) groups is 1. The SMILES string of the molecule is CCNC(=NCC1CCCOC1C(C)(C)C)NCCCc1ccc(OC)c(OC)c1.I. The van der Waals surface area contributed by atoms with Crippen molar-refractivity contribution in [2.75, 3.05) is 40.5 Å². The number of aryl methyl sites for hydroxylation is 1. The van der Waals surface area contributed by atoms with Crippen LogP contribution in [-0.4, -0.2) is 52.5 Å². The predicted molar refractivity (Wildman–Crippen MR) is 139 cm³/mol. The van der Waals surface area contributed by atoms with E-state index in [4.69, 9.17) is 19.2 Å². The lowest BCUT2D eigenvalue weighted by atomic mass is 9.78. The summed E-state index contributed by atoms with van der Waals surface area (Å²) in [6.45, 7) is 12.3. The summed E-state index contributed by atoms with van der Waals surface area (Å²) in [5.41, 5.74) is 1.38. The molecular weight excluding hydrogens is 505 g/mol. The number of hydrogen-bond donors (Lipinski definition) is 2. The molecule has 2 N–H and O–H groups in total. The highest BCUT2D eigenvalue weighted by molar-refractivity contribution is 14.0. The van der Waals surface area contributed by atoms with Crippen LogP contribution in [0.3, 0.4) is 0 Å². The van der Waals surface area contributed by atoms with Gasteiger partial charge in [0, 0.05) is 32.2 Å². The van der Waals surface area contributed by atoms with E-state index in [1.54, 1.807) is 14.2 Å². The average molecular weight is 548 g/mol. The molecule has 1 heterocycles. The largest absolute Gasteiger partial charge is 0.493 e. The van der Waals surface area contributed by atoms with Gasteiger partial charge in [0.25, 0.3) is 0 Å². The maximum absolute atomic E-state index is 6.10. The number of nitrogens with zero attached hydrogens (tertiary/aromatic N) is 1. The normalized spacial score (nSPS) is 19.4. The van der Waals surface area contributed by atoms with E-state index in [-0.39, 0.29) is 35.5 Å². The second-order valence-electron chi connectivity index (χ2n) is 9.00. The minimum absolute atomic E-state index is 0. The van der Waals surface area contributed by atoms with E-state index < -0.39 is 0 Å². The maximum atomic E-state index is 6.10. The standard InChI is InChI=1S/C24H41N3O3.HI/c1-7-25-23(27-17-19-11-9-15-30-22(19)24(2,3)4)26-14-8-10-18-12-13-20(28-5)21(16-18)29-6;/h12-13,16,19,22H,7-11,14-15,17H2,1-6H3,(H2,25,26,27);1H. The third-order valence-electron chi connectivity index (χ3n) is 5.51. The minimum Gasteiger partial charge on any atom is -0.493 e. The van der Waals surface area contributed by atoms with Crippen LogP contribution in [0.5, 0.6) is 11.5 Å². The Hall–Kier alpha value is -1.22. The minimum atomic E-state index is 0. The van der Waals surface area contributed by atoms with Gasteiger partial charge in [-0.15, -0.1) is 24.0 Å². The van der Waals surface area contributed by atoms with E-state index >= 15 is 0 Å². The summed E-state index contributed by atoms with van der Waals surface area (Å²) >= 11 is 0. The lowest BCUT2D eigenvalue weighted by Crippen LogP contribution is -2.43. The van der Waals surface area contributed by atoms with Gasteiger partial charge in [0.1, 0.15) is 0 Å². The lowest BCUT2D eigenvalue weighted by Gasteiger charge is -2.39. The molecule has 1 aliphatic heterocycles. The molecule has 1 fully saturated rings. The average Bonchev–Trinajstić information content (AvgIpc) is 2.74. The highest BCUT2D eigenvalue weighted by Gasteiger charge is 2.35. The van der Waals surface area contributed by atoms with Crippen molar-refractivity contribution in [1.29, 1.82) is 0 Å². The van der Waals surface area contributed by atoms with Gasteiger partial charge in [0.05, 0.1) is 20.3 Å². The first-order valence-corrected chi connectivity index (χ1v) is 11.2. The van der Waals surface area contributed by atoms with Crippen molar-refractivity contribution in [2.45, 2.75) is 59.5 Å². The first kappa shape index (κ1) is 27.8. The molecule has 0 saturated carbocycles. The van der Waals surface area contributed by atoms with Gasteiger partial charge in [0.15, 0.2) is 17.5 Å². The Labute approximate surface area is 205 Å². The smallest absolute Gasteiger partial charge is 0.191 e. The second kappa shape index (κ2) is 14.0. The molecule has 0 aromatic heterocycles. The molecule has 2 atom stereocenters. The molecule has 178 valence electrons. The lowest BCUT2D eigenvalue weighted by molar-refractivity contribution is -0.0823. The molecule has 2 unspecified atom stereocenters. The molecule has 1 saturated heterocycles. The topological polar surface area (TPSA) is 64.1 Å². The number of methoxy groups -OCH3 is 2. The molecular formula is C24H42IN3O3. The summed E-state index contributed by atoms with van der Waals surface area (Å²) in [5.74, 6) is 2.91. The zero-order valence-corrected chi connectivity index (χ0v) is 22.5. The Bertz CT molecular complexity index is 677. The molecule has 6 nitrogen and oxygen atoms in total. The van der Waals surface area contributed by atoms with Crippen molar-refractivity contribution >= 4 is 29.9 Å². The molecule has 0 aliphatic carbocycles. The van der Waals surface area contributed by atoms with Crippen LogP contribution in [0.1, 0.15) is 52.5 Å². The van der Waals surface area contributed by atoms with Gasteiger partial charge in [-0.2, -0.15) is 0 Å². The third kappa shape index (κ3) is 9.04. The zero-order valence-electron chi connectivity index (χ0n) is 20.1. The Balaban J connectivity index is 0.00000480. The third-order valence-corrected chi connectivity index (χ3v) is 5.51. The Kier molecular flexibility index (Phi) is 12.6. The van der Waals surface area contributed by atoms with Crippen LogP contribution in [0.25, 0.3) is 0 Å². The van der Waals surface area contributed by atoms with E-state index in [2.05, 4.69) is 44.4 Å². The Morgan fingerprint density at radius 3 is 2.55 bits per heavy atom. The second-order valence-corrected chi connectivity index (χ2v) is 9.00. The number of ether oxygens (including phenoxy) is 3. The molecule has 7 heteroatoms. The number of hydrogen-bond acceptors (Lipinski definition) is 4. The van der Waals surface area contributed by atoms with Gasteiger partial charge in [0.2, 0.25) is 0 Å². The molecule has 31 heavy (non-hydrogen) atoms. The molecule has 0 amide bonds. The van der Waals surface area contributed by atoms with Gasteiger partial charge in [-0.1, -0.05) is 26.8 Å². The fourth-order valence-corrected chi connectivity index (χ4v) is 4.07. The van der Waals surface area contributed by atoms with Crippen LogP contribution in [-0.2, 0) is 11.2 Å². The van der Waals surface area contributed by atoms with Crippen LogP contribution in [0, 0.1) is 11.3 Å². The monoisotopic (exact) mass is 547 g/mol. The van der Waals surface area contributed by atoms with Crippen LogP contribution in [0.4, 0.5) is 0 Å². The highest BCUT2D eigenvalue weighted by atomic mass is 127. The van der Waals surface area contributed by atoms with Crippen molar-refractivity contribution in [3.05, 3.63) is 23.8 Å². The van der Waals surface area contributed by atoms with Gasteiger partial charge in [-0.05, 0) is 55.7 Å². The van der Waals surface area contributed by atoms with E-state index in [9.17, 15) is 0 Å². The van der Waals surface area contributed by atoms with Gasteiger partial charge in [-0.25, -0.2) is 0 Å². The number of halogens is 1. The van der Waals surface area contributed by atoms with Crippen molar-refractivity contribution in [1.82, 2.24) is 10.6 Å². The number of rotatable bonds is 9. The van der Waals surface area contributed by atoms with Gasteiger partial charge >= 0.3 is 0 Å². The molecule has 2 rings (SSSR count). The first-order chi connectivity index (χ1) is 14.4. The molecule has 0 bridgehead atoms. The summed E-state index contributed by atoms with van der Waals surface area (Å²) in [7, 11) is 3.33. The fraction of sp³-hybridized carbons (Fsp3) is 0.708. The molecule has 1 aromatic carbocycles. The molecule has 0 spiro atoms. The number of guanidine groups is 1. The summed E-state index contributed by atoms with van der Waals surface area (Å²) in [6, 6.07) is 6.11. The summed E-state index contributed by atoms with van der Waals surface area (Å²) < 4.78 is 16.8. The maximum Gasteiger partial charge on any atom is 0.191 e. The van der Waals surface area contributed by atoms with Crippen LogP contribution >= 0.6 is 24.0 Å². The van der Waals surface area contributed by atoms with E-state index in [1.807, 2.05) is 12.1 Å². The van der Waals surface area contributed by atoms with Gasteiger partial charge < -0.3 is 24.8 Å². The zero-order chi connectivity index (χ0) is 22.0. The summed E-state index contributed by atoms with van der Waals surface area (Å²) in [6.07, 6.45) is 4.56. The van der Waals surface area contributed by atoms with E-state index in [1.165, 1.54) is 12.0 Å². The number of nitrogens with one attached hydrogen (secondary N) is 2. The first-order valence-electron chi connectivity index (χ1n) is 11.2. The fourth-order valence-electron chi connectivity index (χ4n) is 4.07. The van der Waals surface area contributed by atoms with E-state index in [0.29, 0.717) is 5.92 Å². The van der Waals surface area contributed by atoms with Crippen LogP contribution in [0.2, 0.25) is 0 Å². The Morgan fingerprint density at radius 1 is 1.16 bits per heavy atom. The van der Waals surface area contributed by atoms with Crippen molar-refractivity contribution in [3.63, 3.8) is 0 Å². The Morgan fingerprint density at radius 2 is 1.90 bits per heavy atom. The van der Waals surface area contributed by atoms with Crippen LogP contribution < -0.4 is 20.1 Å². The van der Waals surface area contributed by atoms with Crippen LogP contribution in [0.15, 0.2) is 23.2 Å². The molecule has 0 radical (unpaired) electrons. The molecule has 1 aliphatic rings. The van der Waals surface area contributed by atoms with Crippen molar-refractivity contribution in [2.24, 2.45) is 16.3 Å². The summed E-state index contributed by atoms with van der Waals surface area (Å²) in [4.78, 5) is 4.87. The molecule has 1 aromatic rings. The highest BCUT2D eigenvalue weighted by Crippen LogP contribution is 2.34. The summed E-state index contributed by atoms with van der Waals surface area (Å²) in [5, 5.41) is 6.85. The van der Waals surface area contributed by atoms with Crippen molar-refractivity contribution in [3.8, 4) is 11.5 Å². The predicted octanol–water partition coefficient (Wildman–Crippen LogP) is 4.65. The number of benzene rings is 1.